The molecule has 1 aliphatic rings. The third kappa shape index (κ3) is 4.17. The van der Waals surface area contributed by atoms with Crippen LogP contribution < -0.4 is 5.32 Å². The lowest BCUT2D eigenvalue weighted by Crippen LogP contribution is -2.25. The minimum Gasteiger partial charge on any atom is -0.316 e. The summed E-state index contributed by atoms with van der Waals surface area (Å²) >= 11 is 2.86. The summed E-state index contributed by atoms with van der Waals surface area (Å²) in [6.45, 7) is 7.74. The van der Waals surface area contributed by atoms with Crippen molar-refractivity contribution < 1.29 is 4.79 Å². The highest BCUT2D eigenvalue weighted by Crippen LogP contribution is 2.38. The number of aryl methyl sites for hydroxylation is 2. The topological polar surface area (TPSA) is 89.6 Å². The normalized spacial score (nSPS) is 13.9. The van der Waals surface area contributed by atoms with E-state index in [-0.39, 0.29) is 11.2 Å². The van der Waals surface area contributed by atoms with Gasteiger partial charge in [-0.3, -0.25) is 4.79 Å². The summed E-state index contributed by atoms with van der Waals surface area (Å²) in [4.78, 5) is 18.8. The third-order valence-corrected chi connectivity index (χ3v) is 8.07. The minimum atomic E-state index is -0.387. The second-order valence-electron chi connectivity index (χ2n) is 7.27. The Morgan fingerprint density at radius 3 is 2.52 bits per heavy atom. The van der Waals surface area contributed by atoms with Crippen molar-refractivity contribution in [1.29, 1.82) is 10.5 Å². The molecule has 1 atom stereocenters. The van der Waals surface area contributed by atoms with E-state index in [9.17, 15) is 15.3 Å². The average molecular weight is 425 g/mol. The largest absolute Gasteiger partial charge is 0.316 e. The van der Waals surface area contributed by atoms with Crippen LogP contribution in [0.2, 0.25) is 0 Å². The zero-order chi connectivity index (χ0) is 21.1. The van der Waals surface area contributed by atoms with Crippen molar-refractivity contribution in [2.75, 3.05) is 5.32 Å². The Hall–Kier alpha value is -2.35. The smallest absolute Gasteiger partial charge is 0.238 e. The molecule has 5 nitrogen and oxygen atoms in total. The molecule has 7 heteroatoms. The number of thioether (sulfide) groups is 1. The number of nitriles is 2. The first-order valence-corrected chi connectivity index (χ1v) is 11.5. The number of rotatable bonds is 5. The standard InChI is InChI=1S/C22H24N4OS2/c1-5-18(28-21-16(10-23)13(3)12(2)14(4)25-21)20(27)26-22-17(11-24)15-8-6-7-9-19(15)29-22/h18H,5-9H2,1-4H3,(H,26,27). The number of fused-ring (bicyclic) bond motifs is 1. The zero-order valence-electron chi connectivity index (χ0n) is 17.2. The number of carbonyl (C=O) groups is 1. The third-order valence-electron chi connectivity index (χ3n) is 5.51. The van der Waals surface area contributed by atoms with E-state index in [4.69, 9.17) is 0 Å². The molecular weight excluding hydrogens is 400 g/mol. The number of aromatic nitrogens is 1. The van der Waals surface area contributed by atoms with E-state index in [2.05, 4.69) is 22.4 Å². The summed E-state index contributed by atoms with van der Waals surface area (Å²) in [7, 11) is 0. The molecule has 3 rings (SSSR count). The lowest BCUT2D eigenvalue weighted by Gasteiger charge is -2.16. The second kappa shape index (κ2) is 8.98. The molecular formula is C22H24N4OS2. The molecule has 0 aromatic carbocycles. The van der Waals surface area contributed by atoms with Crippen LogP contribution in [-0.2, 0) is 17.6 Å². The molecule has 2 heterocycles. The van der Waals surface area contributed by atoms with Crippen molar-refractivity contribution in [3.8, 4) is 12.1 Å². The van der Waals surface area contributed by atoms with Gasteiger partial charge >= 0.3 is 0 Å². The summed E-state index contributed by atoms with van der Waals surface area (Å²) in [6, 6.07) is 4.53. The van der Waals surface area contributed by atoms with Crippen LogP contribution in [0.5, 0.6) is 0 Å². The Balaban J connectivity index is 1.86. The molecule has 1 N–H and O–H groups in total. The quantitative estimate of drug-likeness (QED) is 0.666. The van der Waals surface area contributed by atoms with Crippen molar-refractivity contribution >= 4 is 34.0 Å². The second-order valence-corrected chi connectivity index (χ2v) is 9.57. The molecule has 0 saturated heterocycles. The first kappa shape index (κ1) is 21.4. The van der Waals surface area contributed by atoms with Crippen molar-refractivity contribution in [2.45, 2.75) is 70.1 Å². The van der Waals surface area contributed by atoms with Crippen LogP contribution >= 0.6 is 23.1 Å². The minimum absolute atomic E-state index is 0.144. The summed E-state index contributed by atoms with van der Waals surface area (Å²) in [5, 5.41) is 23.1. The first-order valence-electron chi connectivity index (χ1n) is 9.81. The fourth-order valence-electron chi connectivity index (χ4n) is 3.55. The summed E-state index contributed by atoms with van der Waals surface area (Å²) in [5.41, 5.74) is 5.06. The fraction of sp³-hybridized carbons (Fsp3) is 0.455. The Morgan fingerprint density at radius 1 is 1.17 bits per heavy atom. The van der Waals surface area contributed by atoms with Crippen molar-refractivity contribution in [3.63, 3.8) is 0 Å². The molecule has 150 valence electrons. The van der Waals surface area contributed by atoms with Gasteiger partial charge in [-0.15, -0.1) is 11.3 Å². The van der Waals surface area contributed by atoms with E-state index in [1.165, 1.54) is 28.0 Å². The van der Waals surface area contributed by atoms with Gasteiger partial charge in [0.2, 0.25) is 5.91 Å². The van der Waals surface area contributed by atoms with Crippen LogP contribution in [0.3, 0.4) is 0 Å². The lowest BCUT2D eigenvalue weighted by atomic mass is 9.96. The van der Waals surface area contributed by atoms with Gasteiger partial charge in [0, 0.05) is 10.6 Å². The van der Waals surface area contributed by atoms with Gasteiger partial charge in [-0.05, 0) is 69.6 Å². The number of pyridine rings is 1. The van der Waals surface area contributed by atoms with E-state index >= 15 is 0 Å². The van der Waals surface area contributed by atoms with E-state index in [0.717, 1.165) is 48.1 Å². The van der Waals surface area contributed by atoms with Gasteiger partial charge in [0.15, 0.2) is 0 Å². The van der Waals surface area contributed by atoms with Gasteiger partial charge in [-0.25, -0.2) is 4.98 Å². The van der Waals surface area contributed by atoms with E-state index in [0.29, 0.717) is 27.6 Å². The highest BCUT2D eigenvalue weighted by molar-refractivity contribution is 8.00. The zero-order valence-corrected chi connectivity index (χ0v) is 18.8. The SMILES string of the molecule is CCC(Sc1nc(C)c(C)c(C)c1C#N)C(=O)Nc1sc2c(c1C#N)CCCC2. The summed E-state index contributed by atoms with van der Waals surface area (Å²) < 4.78 is 0. The van der Waals surface area contributed by atoms with Gasteiger partial charge < -0.3 is 5.32 Å². The van der Waals surface area contributed by atoms with Gasteiger partial charge in [0.05, 0.1) is 16.4 Å². The van der Waals surface area contributed by atoms with Gasteiger partial charge in [0.1, 0.15) is 22.2 Å². The van der Waals surface area contributed by atoms with Gasteiger partial charge in [0.25, 0.3) is 0 Å². The Bertz CT molecular complexity index is 1040. The number of anilines is 1. The highest BCUT2D eigenvalue weighted by Gasteiger charge is 2.26. The Morgan fingerprint density at radius 2 is 1.86 bits per heavy atom. The van der Waals surface area contributed by atoms with E-state index in [1.54, 1.807) is 0 Å². The lowest BCUT2D eigenvalue weighted by molar-refractivity contribution is -0.115. The molecule has 0 fully saturated rings. The van der Waals surface area contributed by atoms with Gasteiger partial charge in [-0.2, -0.15) is 10.5 Å². The molecule has 1 unspecified atom stereocenters. The Kier molecular flexibility index (Phi) is 6.62. The molecule has 1 amide bonds. The molecule has 2 aromatic rings. The van der Waals surface area contributed by atoms with Gasteiger partial charge in [-0.1, -0.05) is 18.7 Å². The number of hydrogen-bond donors (Lipinski definition) is 1. The number of amides is 1. The molecule has 1 aliphatic carbocycles. The predicted octanol–water partition coefficient (Wildman–Crippen LogP) is 5.20. The fourth-order valence-corrected chi connectivity index (χ4v) is 5.90. The molecule has 2 aromatic heterocycles. The van der Waals surface area contributed by atoms with Crippen LogP contribution in [-0.4, -0.2) is 16.1 Å². The van der Waals surface area contributed by atoms with Crippen molar-refractivity contribution in [3.05, 3.63) is 38.4 Å². The average Bonchev–Trinajstić information content (AvgIpc) is 3.07. The maximum atomic E-state index is 13.0. The monoisotopic (exact) mass is 424 g/mol. The van der Waals surface area contributed by atoms with Crippen LogP contribution in [0.25, 0.3) is 0 Å². The molecule has 0 saturated carbocycles. The molecule has 0 radical (unpaired) electrons. The molecule has 0 spiro atoms. The predicted molar refractivity (Wildman–Crippen MR) is 117 cm³/mol. The number of carbonyl (C=O) groups excluding carboxylic acids is 1. The van der Waals surface area contributed by atoms with E-state index < -0.39 is 0 Å². The number of nitrogens with zero attached hydrogens (tertiary/aromatic N) is 3. The van der Waals surface area contributed by atoms with Crippen LogP contribution in [0.4, 0.5) is 5.00 Å². The molecule has 0 aliphatic heterocycles. The molecule has 0 bridgehead atoms. The molecule has 29 heavy (non-hydrogen) atoms. The number of hydrogen-bond acceptors (Lipinski definition) is 6. The first-order chi connectivity index (χ1) is 13.9. The highest BCUT2D eigenvalue weighted by atomic mass is 32.2. The number of thiophene rings is 1. The maximum absolute atomic E-state index is 13.0. The van der Waals surface area contributed by atoms with Crippen molar-refractivity contribution in [1.82, 2.24) is 4.98 Å². The summed E-state index contributed by atoms with van der Waals surface area (Å²) in [5.74, 6) is -0.144. The van der Waals surface area contributed by atoms with Crippen LogP contribution in [0.15, 0.2) is 5.03 Å². The summed E-state index contributed by atoms with van der Waals surface area (Å²) in [6.07, 6.45) is 4.71. The van der Waals surface area contributed by atoms with Crippen molar-refractivity contribution in [2.24, 2.45) is 0 Å². The maximum Gasteiger partial charge on any atom is 0.238 e. The Labute approximate surface area is 180 Å². The van der Waals surface area contributed by atoms with Crippen LogP contribution in [0.1, 0.15) is 64.6 Å². The van der Waals surface area contributed by atoms with Crippen LogP contribution in [0, 0.1) is 43.4 Å². The van der Waals surface area contributed by atoms with E-state index in [1.807, 2.05) is 27.7 Å². The number of nitrogens with one attached hydrogen (secondary N) is 1.